The van der Waals surface area contributed by atoms with Gasteiger partial charge in [-0.25, -0.2) is 0 Å². The Balaban J connectivity index is 4.57. The summed E-state index contributed by atoms with van der Waals surface area (Å²) in [5, 5.41) is 14.0. The second kappa shape index (κ2) is 6.97. The van der Waals surface area contributed by atoms with Gasteiger partial charge < -0.3 is 26.3 Å². The van der Waals surface area contributed by atoms with E-state index in [4.69, 9.17) is 5.73 Å². The third-order valence-corrected chi connectivity index (χ3v) is 2.05. The zero-order valence-corrected chi connectivity index (χ0v) is 10.1. The summed E-state index contributed by atoms with van der Waals surface area (Å²) in [6, 6.07) is -2.60. The average Bonchev–Trinajstić information content (AvgIpc) is 2.24. The molecule has 0 radical (unpaired) electrons. The van der Waals surface area contributed by atoms with E-state index in [1.54, 1.807) is 0 Å². The van der Waals surface area contributed by atoms with Gasteiger partial charge in [0.1, 0.15) is 12.3 Å². The lowest BCUT2D eigenvalue weighted by Crippen LogP contribution is -2.56. The largest absolute Gasteiger partial charge is 0.391 e. The SMILES string of the molecule is CC(C=O)NC(=O)C(NC(=O)C(C)N)C(C)O. The van der Waals surface area contributed by atoms with E-state index in [0.29, 0.717) is 6.29 Å². The summed E-state index contributed by atoms with van der Waals surface area (Å²) >= 11 is 0. The van der Waals surface area contributed by atoms with Gasteiger partial charge in [0.25, 0.3) is 0 Å². The molecule has 0 spiro atoms. The first-order valence-corrected chi connectivity index (χ1v) is 5.29. The van der Waals surface area contributed by atoms with Crippen LogP contribution in [0.5, 0.6) is 0 Å². The van der Waals surface area contributed by atoms with Gasteiger partial charge in [0.2, 0.25) is 11.8 Å². The average molecular weight is 245 g/mol. The Morgan fingerprint density at radius 2 is 1.71 bits per heavy atom. The highest BCUT2D eigenvalue weighted by molar-refractivity contribution is 5.90. The van der Waals surface area contributed by atoms with E-state index in [1.807, 2.05) is 0 Å². The maximum Gasteiger partial charge on any atom is 0.245 e. The molecule has 0 aliphatic heterocycles. The molecule has 0 aliphatic rings. The van der Waals surface area contributed by atoms with Crippen molar-refractivity contribution < 1.29 is 19.5 Å². The van der Waals surface area contributed by atoms with E-state index in [9.17, 15) is 19.5 Å². The Bertz CT molecular complexity index is 291. The van der Waals surface area contributed by atoms with E-state index in [2.05, 4.69) is 10.6 Å². The molecule has 0 saturated carbocycles. The number of rotatable bonds is 6. The number of nitrogens with one attached hydrogen (secondary N) is 2. The number of aliphatic hydroxyl groups excluding tert-OH is 1. The number of hydrogen-bond acceptors (Lipinski definition) is 5. The van der Waals surface area contributed by atoms with Crippen LogP contribution in [0.25, 0.3) is 0 Å². The van der Waals surface area contributed by atoms with Crippen molar-refractivity contribution in [1.29, 1.82) is 0 Å². The maximum atomic E-state index is 11.6. The van der Waals surface area contributed by atoms with Gasteiger partial charge in [0, 0.05) is 0 Å². The van der Waals surface area contributed by atoms with Crippen molar-refractivity contribution in [3.63, 3.8) is 0 Å². The first-order valence-electron chi connectivity index (χ1n) is 5.29. The molecule has 7 heteroatoms. The van der Waals surface area contributed by atoms with Crippen LogP contribution in [-0.2, 0) is 14.4 Å². The summed E-state index contributed by atoms with van der Waals surface area (Å²) in [5.41, 5.74) is 5.33. The second-order valence-corrected chi connectivity index (χ2v) is 3.95. The molecular formula is C10H19N3O4. The van der Waals surface area contributed by atoms with Crippen molar-refractivity contribution in [2.75, 3.05) is 0 Å². The highest BCUT2D eigenvalue weighted by Gasteiger charge is 2.27. The number of carbonyl (C=O) groups is 3. The smallest absolute Gasteiger partial charge is 0.245 e. The monoisotopic (exact) mass is 245 g/mol. The molecule has 7 nitrogen and oxygen atoms in total. The number of aliphatic hydroxyl groups is 1. The molecule has 0 saturated heterocycles. The molecule has 5 N–H and O–H groups in total. The van der Waals surface area contributed by atoms with Crippen molar-refractivity contribution in [1.82, 2.24) is 10.6 Å². The van der Waals surface area contributed by atoms with Crippen molar-refractivity contribution in [3.05, 3.63) is 0 Å². The van der Waals surface area contributed by atoms with Crippen LogP contribution < -0.4 is 16.4 Å². The Labute approximate surface area is 99.7 Å². The van der Waals surface area contributed by atoms with Gasteiger partial charge in [0.15, 0.2) is 0 Å². The van der Waals surface area contributed by atoms with Crippen molar-refractivity contribution in [3.8, 4) is 0 Å². The third kappa shape index (κ3) is 5.41. The lowest BCUT2D eigenvalue weighted by molar-refractivity contribution is -0.132. The van der Waals surface area contributed by atoms with Crippen molar-refractivity contribution >= 4 is 18.1 Å². The highest BCUT2D eigenvalue weighted by atomic mass is 16.3. The topological polar surface area (TPSA) is 122 Å². The number of aldehydes is 1. The fourth-order valence-corrected chi connectivity index (χ4v) is 1.04. The fourth-order valence-electron chi connectivity index (χ4n) is 1.04. The Hall–Kier alpha value is -1.47. The highest BCUT2D eigenvalue weighted by Crippen LogP contribution is 1.95. The van der Waals surface area contributed by atoms with Gasteiger partial charge >= 0.3 is 0 Å². The van der Waals surface area contributed by atoms with Crippen LogP contribution in [0, 0.1) is 0 Å². The molecule has 4 atom stereocenters. The minimum absolute atomic E-state index is 0.546. The van der Waals surface area contributed by atoms with E-state index < -0.39 is 36.0 Å². The molecular weight excluding hydrogens is 226 g/mol. The molecule has 0 aromatic heterocycles. The molecule has 0 rings (SSSR count). The molecule has 0 aromatic carbocycles. The lowest BCUT2D eigenvalue weighted by atomic mass is 10.1. The van der Waals surface area contributed by atoms with Crippen LogP contribution >= 0.6 is 0 Å². The van der Waals surface area contributed by atoms with Gasteiger partial charge in [-0.1, -0.05) is 0 Å². The van der Waals surface area contributed by atoms with Gasteiger partial charge in [0.05, 0.1) is 18.2 Å². The van der Waals surface area contributed by atoms with Gasteiger partial charge in [-0.3, -0.25) is 9.59 Å². The first-order chi connectivity index (χ1) is 7.79. The predicted octanol–water partition coefficient (Wildman–Crippen LogP) is -2.10. The van der Waals surface area contributed by atoms with E-state index >= 15 is 0 Å². The zero-order chi connectivity index (χ0) is 13.6. The molecule has 17 heavy (non-hydrogen) atoms. The summed E-state index contributed by atoms with van der Waals surface area (Å²) in [6.07, 6.45) is -0.541. The predicted molar refractivity (Wildman–Crippen MR) is 60.9 cm³/mol. The normalized spacial score (nSPS) is 17.5. The van der Waals surface area contributed by atoms with Crippen LogP contribution in [0.1, 0.15) is 20.8 Å². The first kappa shape index (κ1) is 15.5. The number of hydrogen-bond donors (Lipinski definition) is 4. The van der Waals surface area contributed by atoms with Gasteiger partial charge in [-0.05, 0) is 20.8 Å². The Morgan fingerprint density at radius 1 is 1.18 bits per heavy atom. The summed E-state index contributed by atoms with van der Waals surface area (Å²) in [6.45, 7) is 4.30. The van der Waals surface area contributed by atoms with Crippen LogP contribution in [0.4, 0.5) is 0 Å². The molecule has 4 unspecified atom stereocenters. The second-order valence-electron chi connectivity index (χ2n) is 3.95. The van der Waals surface area contributed by atoms with E-state index in [-0.39, 0.29) is 0 Å². The van der Waals surface area contributed by atoms with Crippen molar-refractivity contribution in [2.24, 2.45) is 5.73 Å². The van der Waals surface area contributed by atoms with E-state index in [1.165, 1.54) is 20.8 Å². The number of nitrogens with two attached hydrogens (primary N) is 1. The quantitative estimate of drug-likeness (QED) is 0.399. The fraction of sp³-hybridized carbons (Fsp3) is 0.700. The van der Waals surface area contributed by atoms with Crippen LogP contribution in [0.2, 0.25) is 0 Å². The van der Waals surface area contributed by atoms with Crippen LogP contribution in [0.3, 0.4) is 0 Å². The molecule has 0 aromatic rings. The molecule has 98 valence electrons. The summed E-state index contributed by atoms with van der Waals surface area (Å²) in [4.78, 5) is 33.3. The lowest BCUT2D eigenvalue weighted by Gasteiger charge is -2.22. The molecule has 0 heterocycles. The minimum Gasteiger partial charge on any atom is -0.391 e. The summed E-state index contributed by atoms with van der Waals surface area (Å²) in [5.74, 6) is -1.18. The Kier molecular flexibility index (Phi) is 6.37. The summed E-state index contributed by atoms with van der Waals surface area (Å²) in [7, 11) is 0. The number of amides is 2. The van der Waals surface area contributed by atoms with Gasteiger partial charge in [-0.2, -0.15) is 0 Å². The third-order valence-electron chi connectivity index (χ3n) is 2.05. The standard InChI is InChI=1S/C10H19N3O4/c1-5(4-14)12-10(17)8(7(3)15)13-9(16)6(2)11/h4-8,15H,11H2,1-3H3,(H,12,17)(H,13,16). The van der Waals surface area contributed by atoms with Crippen molar-refractivity contribution in [2.45, 2.75) is 45.0 Å². The van der Waals surface area contributed by atoms with Gasteiger partial charge in [-0.15, -0.1) is 0 Å². The van der Waals surface area contributed by atoms with Crippen LogP contribution in [0.15, 0.2) is 0 Å². The summed E-state index contributed by atoms with van der Waals surface area (Å²) < 4.78 is 0. The molecule has 0 aliphatic carbocycles. The molecule has 0 fully saturated rings. The minimum atomic E-state index is -1.13. The molecule has 0 bridgehead atoms. The maximum absolute atomic E-state index is 11.6. The van der Waals surface area contributed by atoms with Crippen LogP contribution in [-0.4, -0.2) is 47.4 Å². The number of carbonyl (C=O) groups excluding carboxylic acids is 3. The van der Waals surface area contributed by atoms with E-state index in [0.717, 1.165) is 0 Å². The molecule has 2 amide bonds. The Morgan fingerprint density at radius 3 is 2.06 bits per heavy atom. The zero-order valence-electron chi connectivity index (χ0n) is 10.1.